The number of nitrogens with zero attached hydrogens (tertiary/aromatic N) is 2. The Labute approximate surface area is 158 Å². The predicted octanol–water partition coefficient (Wildman–Crippen LogP) is 3.57. The van der Waals surface area contributed by atoms with E-state index in [1.807, 2.05) is 24.8 Å². The zero-order valence-electron chi connectivity index (χ0n) is 15.6. The molecular formula is C19H25N3O3S. The lowest BCUT2D eigenvalue weighted by Gasteiger charge is -2.26. The zero-order valence-corrected chi connectivity index (χ0v) is 16.4. The van der Waals surface area contributed by atoms with Crippen molar-refractivity contribution in [2.75, 3.05) is 19.0 Å². The molecule has 140 valence electrons. The standard InChI is InChI=1S/C19H25N3O3S/c1-4-6-18(24)22-10-9-14-15(11-20)19(26-16(14)12-22)21-17(23)8-7-13(5-2)25-3/h5H,4,6-10,12H2,1-3H3,(H,21,23)/b13-5-. The van der Waals surface area contributed by atoms with Crippen molar-refractivity contribution in [3.63, 3.8) is 0 Å². The minimum atomic E-state index is -0.143. The predicted molar refractivity (Wildman–Crippen MR) is 102 cm³/mol. The summed E-state index contributed by atoms with van der Waals surface area (Å²) in [6.45, 7) is 5.00. The summed E-state index contributed by atoms with van der Waals surface area (Å²) < 4.78 is 5.16. The average Bonchev–Trinajstić information content (AvgIpc) is 2.98. The van der Waals surface area contributed by atoms with Crippen LogP contribution in [-0.2, 0) is 27.3 Å². The highest BCUT2D eigenvalue weighted by molar-refractivity contribution is 7.16. The van der Waals surface area contributed by atoms with Gasteiger partial charge in [0.05, 0.1) is 25.0 Å². The molecule has 0 aliphatic carbocycles. The summed E-state index contributed by atoms with van der Waals surface area (Å²) in [6, 6.07) is 2.22. The van der Waals surface area contributed by atoms with Crippen LogP contribution >= 0.6 is 11.3 Å². The molecule has 0 spiro atoms. The molecule has 2 amide bonds. The number of hydrogen-bond donors (Lipinski definition) is 1. The van der Waals surface area contributed by atoms with Crippen molar-refractivity contribution < 1.29 is 14.3 Å². The lowest BCUT2D eigenvalue weighted by atomic mass is 10.0. The first kappa shape index (κ1) is 20.0. The van der Waals surface area contributed by atoms with Gasteiger partial charge in [0.1, 0.15) is 11.1 Å². The number of allylic oxidation sites excluding steroid dienone is 2. The molecular weight excluding hydrogens is 350 g/mol. The molecule has 1 aromatic heterocycles. The number of ether oxygens (including phenoxy) is 1. The second kappa shape index (κ2) is 9.39. The van der Waals surface area contributed by atoms with Crippen LogP contribution in [0.25, 0.3) is 0 Å². The SMILES string of the molecule is C/C=C(/CCC(=O)Nc1sc2c(c1C#N)CCN(C(=O)CCC)C2)OC. The normalized spacial score (nSPS) is 13.8. The number of hydrogen-bond acceptors (Lipinski definition) is 5. The second-order valence-corrected chi connectivity index (χ2v) is 7.25. The Bertz CT molecular complexity index is 746. The van der Waals surface area contributed by atoms with Gasteiger partial charge in [0.15, 0.2) is 0 Å². The number of nitrogens with one attached hydrogen (secondary N) is 1. The maximum absolute atomic E-state index is 12.2. The van der Waals surface area contributed by atoms with E-state index < -0.39 is 0 Å². The Morgan fingerprint density at radius 1 is 1.38 bits per heavy atom. The highest BCUT2D eigenvalue weighted by Crippen LogP contribution is 2.37. The number of carbonyl (C=O) groups excluding carboxylic acids is 2. The lowest BCUT2D eigenvalue weighted by molar-refractivity contribution is -0.132. The molecule has 0 saturated heterocycles. The highest BCUT2D eigenvalue weighted by atomic mass is 32.1. The smallest absolute Gasteiger partial charge is 0.225 e. The maximum Gasteiger partial charge on any atom is 0.225 e. The van der Waals surface area contributed by atoms with Crippen LogP contribution in [-0.4, -0.2) is 30.4 Å². The lowest BCUT2D eigenvalue weighted by Crippen LogP contribution is -2.35. The number of nitriles is 1. The molecule has 0 aromatic carbocycles. The molecule has 0 fully saturated rings. The number of anilines is 1. The fourth-order valence-corrected chi connectivity index (χ4v) is 4.21. The minimum absolute atomic E-state index is 0.143. The van der Waals surface area contributed by atoms with E-state index in [2.05, 4.69) is 11.4 Å². The van der Waals surface area contributed by atoms with Gasteiger partial charge in [0.2, 0.25) is 11.8 Å². The molecule has 0 saturated carbocycles. The number of rotatable bonds is 7. The van der Waals surface area contributed by atoms with Crippen molar-refractivity contribution in [2.45, 2.75) is 52.5 Å². The van der Waals surface area contributed by atoms with Crippen molar-refractivity contribution in [2.24, 2.45) is 0 Å². The van der Waals surface area contributed by atoms with Crippen LogP contribution in [0.4, 0.5) is 5.00 Å². The van der Waals surface area contributed by atoms with Crippen molar-refractivity contribution in [1.29, 1.82) is 5.26 Å². The summed E-state index contributed by atoms with van der Waals surface area (Å²) in [5.74, 6) is 0.765. The van der Waals surface area contributed by atoms with Crippen molar-refractivity contribution >= 4 is 28.2 Å². The van der Waals surface area contributed by atoms with Crippen LogP contribution in [0.5, 0.6) is 0 Å². The quantitative estimate of drug-likeness (QED) is 0.739. The van der Waals surface area contributed by atoms with Gasteiger partial charge in [-0.25, -0.2) is 0 Å². The largest absolute Gasteiger partial charge is 0.501 e. The molecule has 2 heterocycles. The number of thiophene rings is 1. The molecule has 1 N–H and O–H groups in total. The van der Waals surface area contributed by atoms with Crippen LogP contribution < -0.4 is 5.32 Å². The molecule has 2 rings (SSSR count). The molecule has 26 heavy (non-hydrogen) atoms. The van der Waals surface area contributed by atoms with Gasteiger partial charge in [-0.05, 0) is 31.4 Å². The molecule has 6 nitrogen and oxygen atoms in total. The van der Waals surface area contributed by atoms with Gasteiger partial charge >= 0.3 is 0 Å². The topological polar surface area (TPSA) is 82.4 Å². The first-order valence-electron chi connectivity index (χ1n) is 8.85. The number of carbonyl (C=O) groups is 2. The van der Waals surface area contributed by atoms with Gasteiger partial charge in [-0.15, -0.1) is 11.3 Å². The molecule has 1 aromatic rings. The van der Waals surface area contributed by atoms with E-state index in [4.69, 9.17) is 4.74 Å². The first-order valence-corrected chi connectivity index (χ1v) is 9.67. The highest BCUT2D eigenvalue weighted by Gasteiger charge is 2.27. The summed E-state index contributed by atoms with van der Waals surface area (Å²) in [7, 11) is 1.58. The second-order valence-electron chi connectivity index (χ2n) is 6.14. The molecule has 7 heteroatoms. The number of fused-ring (bicyclic) bond motifs is 1. The van der Waals surface area contributed by atoms with Gasteiger partial charge in [0, 0.05) is 30.7 Å². The third-order valence-electron chi connectivity index (χ3n) is 4.42. The van der Waals surface area contributed by atoms with Crippen LogP contribution in [0.15, 0.2) is 11.8 Å². The molecule has 0 bridgehead atoms. The summed E-state index contributed by atoms with van der Waals surface area (Å²) >= 11 is 1.41. The van der Waals surface area contributed by atoms with Gasteiger partial charge in [0.25, 0.3) is 0 Å². The third-order valence-corrected chi connectivity index (χ3v) is 5.55. The van der Waals surface area contributed by atoms with Gasteiger partial charge < -0.3 is 15.0 Å². The van der Waals surface area contributed by atoms with Crippen molar-refractivity contribution in [3.05, 3.63) is 27.8 Å². The molecule has 1 aliphatic heterocycles. The third kappa shape index (κ3) is 4.64. The number of methoxy groups -OCH3 is 1. The van der Waals surface area contributed by atoms with Crippen LogP contribution in [0.2, 0.25) is 0 Å². The zero-order chi connectivity index (χ0) is 19.1. The van der Waals surface area contributed by atoms with E-state index in [9.17, 15) is 14.9 Å². The first-order chi connectivity index (χ1) is 12.5. The Kier molecular flexibility index (Phi) is 7.22. The van der Waals surface area contributed by atoms with Gasteiger partial charge in [-0.2, -0.15) is 5.26 Å². The van der Waals surface area contributed by atoms with Crippen molar-refractivity contribution in [3.8, 4) is 6.07 Å². The van der Waals surface area contributed by atoms with Gasteiger partial charge in [-0.3, -0.25) is 9.59 Å². The maximum atomic E-state index is 12.2. The Morgan fingerprint density at radius 2 is 2.15 bits per heavy atom. The van der Waals surface area contributed by atoms with E-state index in [1.165, 1.54) is 11.3 Å². The van der Waals surface area contributed by atoms with E-state index in [0.717, 1.165) is 22.6 Å². The van der Waals surface area contributed by atoms with E-state index in [0.29, 0.717) is 49.3 Å². The van der Waals surface area contributed by atoms with E-state index >= 15 is 0 Å². The average molecular weight is 375 g/mol. The molecule has 1 aliphatic rings. The molecule has 0 radical (unpaired) electrons. The van der Waals surface area contributed by atoms with E-state index in [-0.39, 0.29) is 11.8 Å². The van der Waals surface area contributed by atoms with Crippen LogP contribution in [0.3, 0.4) is 0 Å². The monoisotopic (exact) mass is 375 g/mol. The fourth-order valence-electron chi connectivity index (χ4n) is 2.98. The van der Waals surface area contributed by atoms with Crippen molar-refractivity contribution in [1.82, 2.24) is 4.90 Å². The Hall–Kier alpha value is -2.33. The van der Waals surface area contributed by atoms with Gasteiger partial charge in [-0.1, -0.05) is 6.92 Å². The summed E-state index contributed by atoms with van der Waals surface area (Å²) in [6.07, 6.45) is 4.68. The van der Waals surface area contributed by atoms with Crippen LogP contribution in [0.1, 0.15) is 55.5 Å². The molecule has 0 unspecified atom stereocenters. The summed E-state index contributed by atoms with van der Waals surface area (Å²) in [5.41, 5.74) is 1.51. The van der Waals surface area contributed by atoms with Crippen LogP contribution in [0, 0.1) is 11.3 Å². The van der Waals surface area contributed by atoms with E-state index in [1.54, 1.807) is 7.11 Å². The number of amides is 2. The Morgan fingerprint density at radius 3 is 2.77 bits per heavy atom. The Balaban J connectivity index is 2.09. The summed E-state index contributed by atoms with van der Waals surface area (Å²) in [4.78, 5) is 27.2. The fraction of sp³-hybridized carbons (Fsp3) is 0.526. The minimum Gasteiger partial charge on any atom is -0.501 e. The molecule has 0 atom stereocenters. The summed E-state index contributed by atoms with van der Waals surface area (Å²) in [5, 5.41) is 13.0.